The molecule has 8 heteroatoms. The quantitative estimate of drug-likeness (QED) is 0.349. The van der Waals surface area contributed by atoms with Gasteiger partial charge < -0.3 is 19.8 Å². The number of fused-ring (bicyclic) bond motifs is 2. The molecule has 2 heterocycles. The van der Waals surface area contributed by atoms with Gasteiger partial charge in [-0.1, -0.05) is 12.1 Å². The molecule has 0 saturated carbocycles. The van der Waals surface area contributed by atoms with Crippen LogP contribution in [0.4, 0.5) is 5.00 Å². The van der Waals surface area contributed by atoms with E-state index < -0.39 is 0 Å². The van der Waals surface area contributed by atoms with E-state index in [-0.39, 0.29) is 18.3 Å². The molecule has 0 atom stereocenters. The van der Waals surface area contributed by atoms with Gasteiger partial charge in [0, 0.05) is 10.4 Å². The van der Waals surface area contributed by atoms with Crippen molar-refractivity contribution < 1.29 is 19.1 Å². The molecule has 1 amide bonds. The maximum Gasteiger partial charge on any atom is 0.262 e. The number of rotatable bonds is 7. The summed E-state index contributed by atoms with van der Waals surface area (Å²) in [6.07, 6.45) is 4.27. The Balaban J connectivity index is 1.39. The minimum atomic E-state index is -0.270. The summed E-state index contributed by atoms with van der Waals surface area (Å²) in [5.41, 5.74) is 4.64. The summed E-state index contributed by atoms with van der Waals surface area (Å²) >= 11 is 1.62. The van der Waals surface area contributed by atoms with Gasteiger partial charge in [-0.05, 0) is 68.5 Å². The summed E-state index contributed by atoms with van der Waals surface area (Å²) in [5, 5.41) is 3.84. The third-order valence-electron chi connectivity index (χ3n) is 5.98. The van der Waals surface area contributed by atoms with Crippen LogP contribution in [0.3, 0.4) is 0 Å². The summed E-state index contributed by atoms with van der Waals surface area (Å²) in [6, 6.07) is 12.8. The molecule has 2 aromatic carbocycles. The smallest absolute Gasteiger partial charge is 0.262 e. The minimum Gasteiger partial charge on any atom is -0.493 e. The molecule has 0 fully saturated rings. The van der Waals surface area contributed by atoms with Crippen LogP contribution in [0.1, 0.15) is 40.6 Å². The van der Waals surface area contributed by atoms with Crippen LogP contribution in [0.25, 0.3) is 22.4 Å². The van der Waals surface area contributed by atoms with E-state index >= 15 is 0 Å². The predicted octanol–water partition coefficient (Wildman–Crippen LogP) is 5.40. The molecule has 0 unspecified atom stereocenters. The number of nitrogens with zero attached hydrogens (tertiary/aromatic N) is 1. The number of ketones is 1. The number of carbonyl (C=O) groups is 2. The molecule has 7 nitrogen and oxygen atoms in total. The number of imidazole rings is 1. The topological polar surface area (TPSA) is 93.3 Å². The SMILES string of the molecule is COc1cc(C(C)=O)ccc1OCC(=O)Nc1sc2c(c1-c1nc3ccccc3[nH]1)CCCC2. The van der Waals surface area contributed by atoms with Gasteiger partial charge in [0.25, 0.3) is 5.91 Å². The highest BCUT2D eigenvalue weighted by atomic mass is 32.1. The standard InChI is InChI=1S/C26H25N3O4S/c1-15(30)16-11-12-20(21(13-16)32-2)33-14-23(31)29-26-24(17-7-3-6-10-22(17)34-26)25-27-18-8-4-5-9-19(18)28-25/h4-5,8-9,11-13H,3,6-7,10,14H2,1-2H3,(H,27,28)(H,29,31). The van der Waals surface area contributed by atoms with Crippen molar-refractivity contribution in [3.05, 3.63) is 58.5 Å². The molecule has 0 radical (unpaired) electrons. The summed E-state index contributed by atoms with van der Waals surface area (Å²) in [5.74, 6) is 1.26. The molecule has 174 valence electrons. The molecule has 2 N–H and O–H groups in total. The Bertz CT molecular complexity index is 1360. The third kappa shape index (κ3) is 4.28. The molecule has 0 bridgehead atoms. The highest BCUT2D eigenvalue weighted by Crippen LogP contribution is 2.43. The Morgan fingerprint density at radius 3 is 2.74 bits per heavy atom. The van der Waals surface area contributed by atoms with E-state index in [4.69, 9.17) is 14.5 Å². The largest absolute Gasteiger partial charge is 0.493 e. The second kappa shape index (κ2) is 9.30. The number of H-pyrrole nitrogens is 1. The Kier molecular flexibility index (Phi) is 6.06. The fraction of sp³-hybridized carbons (Fsp3) is 0.269. The molecular formula is C26H25N3O4S. The molecule has 2 aromatic heterocycles. The lowest BCUT2D eigenvalue weighted by molar-refractivity contribution is -0.118. The van der Waals surface area contributed by atoms with Gasteiger partial charge in [-0.15, -0.1) is 11.3 Å². The van der Waals surface area contributed by atoms with Crippen molar-refractivity contribution in [2.75, 3.05) is 19.0 Å². The van der Waals surface area contributed by atoms with E-state index in [2.05, 4.69) is 10.3 Å². The van der Waals surface area contributed by atoms with Crippen LogP contribution in [-0.2, 0) is 17.6 Å². The van der Waals surface area contributed by atoms with Crippen molar-refractivity contribution in [1.82, 2.24) is 9.97 Å². The number of hydrogen-bond donors (Lipinski definition) is 2. The van der Waals surface area contributed by atoms with Gasteiger partial charge >= 0.3 is 0 Å². The van der Waals surface area contributed by atoms with Crippen molar-refractivity contribution in [3.8, 4) is 22.9 Å². The van der Waals surface area contributed by atoms with Crippen molar-refractivity contribution in [3.63, 3.8) is 0 Å². The number of aromatic amines is 1. The number of hydrogen-bond acceptors (Lipinski definition) is 6. The second-order valence-corrected chi connectivity index (χ2v) is 9.38. The number of benzene rings is 2. The predicted molar refractivity (Wildman–Crippen MR) is 133 cm³/mol. The summed E-state index contributed by atoms with van der Waals surface area (Å²) in [6.45, 7) is 1.31. The summed E-state index contributed by atoms with van der Waals surface area (Å²) in [7, 11) is 1.50. The van der Waals surface area contributed by atoms with E-state index in [9.17, 15) is 9.59 Å². The van der Waals surface area contributed by atoms with E-state index in [0.29, 0.717) is 17.1 Å². The first kappa shape index (κ1) is 22.2. The number of methoxy groups -OCH3 is 1. The Morgan fingerprint density at radius 2 is 1.94 bits per heavy atom. The van der Waals surface area contributed by atoms with Crippen LogP contribution in [0.2, 0.25) is 0 Å². The maximum atomic E-state index is 12.9. The number of nitrogens with one attached hydrogen (secondary N) is 2. The molecule has 5 rings (SSSR count). The van der Waals surface area contributed by atoms with E-state index in [1.165, 1.54) is 24.5 Å². The Morgan fingerprint density at radius 1 is 1.12 bits per heavy atom. The maximum absolute atomic E-state index is 12.9. The fourth-order valence-corrected chi connectivity index (χ4v) is 5.59. The summed E-state index contributed by atoms with van der Waals surface area (Å²) in [4.78, 5) is 34.0. The zero-order valence-corrected chi connectivity index (χ0v) is 19.9. The highest BCUT2D eigenvalue weighted by molar-refractivity contribution is 7.17. The number of carbonyl (C=O) groups excluding carboxylic acids is 2. The minimum absolute atomic E-state index is 0.0672. The fourth-order valence-electron chi connectivity index (χ4n) is 4.29. The van der Waals surface area contributed by atoms with Crippen LogP contribution in [-0.4, -0.2) is 35.4 Å². The average molecular weight is 476 g/mol. The monoisotopic (exact) mass is 475 g/mol. The average Bonchev–Trinajstić information content (AvgIpc) is 3.43. The van der Waals surface area contributed by atoms with Gasteiger partial charge in [0.15, 0.2) is 23.9 Å². The zero-order valence-electron chi connectivity index (χ0n) is 19.1. The molecule has 4 aromatic rings. The van der Waals surface area contributed by atoms with Crippen LogP contribution < -0.4 is 14.8 Å². The van der Waals surface area contributed by atoms with E-state index in [1.807, 2.05) is 24.3 Å². The van der Waals surface area contributed by atoms with Gasteiger partial charge in [-0.2, -0.15) is 0 Å². The molecule has 1 aliphatic carbocycles. The van der Waals surface area contributed by atoms with Crippen LogP contribution in [0.5, 0.6) is 11.5 Å². The number of thiophene rings is 1. The number of aryl methyl sites for hydroxylation is 1. The van der Waals surface area contributed by atoms with Gasteiger partial charge in [0.2, 0.25) is 0 Å². The van der Waals surface area contributed by atoms with Crippen LogP contribution >= 0.6 is 11.3 Å². The zero-order chi connectivity index (χ0) is 23.7. The molecule has 0 aliphatic heterocycles. The van der Waals surface area contributed by atoms with Crippen molar-refractivity contribution in [1.29, 1.82) is 0 Å². The van der Waals surface area contributed by atoms with Crippen LogP contribution in [0, 0.1) is 0 Å². The number of Topliss-reactive ketones (excluding diaryl/α,β-unsaturated/α-hetero) is 1. The van der Waals surface area contributed by atoms with E-state index in [1.54, 1.807) is 29.5 Å². The van der Waals surface area contributed by atoms with Gasteiger partial charge in [0.1, 0.15) is 10.8 Å². The Hall–Kier alpha value is -3.65. The van der Waals surface area contributed by atoms with Crippen LogP contribution in [0.15, 0.2) is 42.5 Å². The summed E-state index contributed by atoms with van der Waals surface area (Å²) < 4.78 is 11.1. The number of ether oxygens (including phenoxy) is 2. The molecular weight excluding hydrogens is 450 g/mol. The molecule has 1 aliphatic rings. The normalized spacial score (nSPS) is 12.9. The first-order valence-electron chi connectivity index (χ1n) is 11.2. The molecule has 0 saturated heterocycles. The van der Waals surface area contributed by atoms with E-state index in [0.717, 1.165) is 53.1 Å². The van der Waals surface area contributed by atoms with Crippen molar-refractivity contribution in [2.45, 2.75) is 32.6 Å². The first-order chi connectivity index (χ1) is 16.5. The lowest BCUT2D eigenvalue weighted by Gasteiger charge is -2.12. The Labute approximate surface area is 201 Å². The van der Waals surface area contributed by atoms with Gasteiger partial charge in [-0.3, -0.25) is 9.59 Å². The molecule has 0 spiro atoms. The molecule has 34 heavy (non-hydrogen) atoms. The number of anilines is 1. The number of amides is 1. The number of aromatic nitrogens is 2. The first-order valence-corrected chi connectivity index (χ1v) is 12.1. The van der Waals surface area contributed by atoms with Gasteiger partial charge in [-0.25, -0.2) is 4.98 Å². The van der Waals surface area contributed by atoms with Gasteiger partial charge in [0.05, 0.1) is 23.7 Å². The lowest BCUT2D eigenvalue weighted by atomic mass is 9.95. The van der Waals surface area contributed by atoms with Crippen molar-refractivity contribution >= 4 is 39.1 Å². The van der Waals surface area contributed by atoms with Crippen molar-refractivity contribution in [2.24, 2.45) is 0 Å². The number of para-hydroxylation sites is 2. The third-order valence-corrected chi connectivity index (χ3v) is 7.19. The highest BCUT2D eigenvalue weighted by Gasteiger charge is 2.25. The second-order valence-electron chi connectivity index (χ2n) is 8.28. The lowest BCUT2D eigenvalue weighted by Crippen LogP contribution is -2.20.